The zero-order valence-corrected chi connectivity index (χ0v) is 17.9. The molecule has 0 unspecified atom stereocenters. The molecule has 0 saturated carbocycles. The molecule has 4 nitrogen and oxygen atoms in total. The molecule has 1 N–H and O–H groups in total. The number of anilines is 1. The molecule has 5 rings (SSSR count). The SMILES string of the molecule is Cc1ccc(-c2nc3cc(NC(=O)c4sc5ccccc5c4Cl)ccc3o2)c(C)c1. The number of thiophene rings is 1. The Labute approximate surface area is 182 Å². The molecule has 0 aliphatic carbocycles. The van der Waals surface area contributed by atoms with Gasteiger partial charge in [-0.3, -0.25) is 4.79 Å². The van der Waals surface area contributed by atoms with Crippen LogP contribution in [0.5, 0.6) is 0 Å². The van der Waals surface area contributed by atoms with Crippen LogP contribution in [0.4, 0.5) is 5.69 Å². The number of aryl methyl sites for hydroxylation is 2. The maximum Gasteiger partial charge on any atom is 0.267 e. The Morgan fingerprint density at radius 3 is 2.70 bits per heavy atom. The number of nitrogens with zero attached hydrogens (tertiary/aromatic N) is 1. The fourth-order valence-electron chi connectivity index (χ4n) is 3.52. The van der Waals surface area contributed by atoms with Crippen LogP contribution in [0.3, 0.4) is 0 Å². The molecule has 6 heteroatoms. The van der Waals surface area contributed by atoms with Crippen molar-refractivity contribution < 1.29 is 9.21 Å². The van der Waals surface area contributed by atoms with Crippen LogP contribution in [0.1, 0.15) is 20.8 Å². The smallest absolute Gasteiger partial charge is 0.267 e. The maximum absolute atomic E-state index is 12.8. The molecule has 0 radical (unpaired) electrons. The second-order valence-corrected chi connectivity index (χ2v) is 8.65. The first kappa shape index (κ1) is 18.9. The summed E-state index contributed by atoms with van der Waals surface area (Å²) in [5, 5.41) is 4.29. The van der Waals surface area contributed by atoms with Crippen molar-refractivity contribution in [1.29, 1.82) is 0 Å². The van der Waals surface area contributed by atoms with E-state index >= 15 is 0 Å². The van der Waals surface area contributed by atoms with Crippen molar-refractivity contribution in [1.82, 2.24) is 4.98 Å². The van der Waals surface area contributed by atoms with Crippen LogP contribution in [0, 0.1) is 13.8 Å². The lowest BCUT2D eigenvalue weighted by atomic mass is 10.1. The molecule has 0 spiro atoms. The van der Waals surface area contributed by atoms with Gasteiger partial charge in [-0.1, -0.05) is 47.5 Å². The summed E-state index contributed by atoms with van der Waals surface area (Å²) in [6, 6.07) is 19.3. The van der Waals surface area contributed by atoms with Gasteiger partial charge in [-0.15, -0.1) is 11.3 Å². The highest BCUT2D eigenvalue weighted by Crippen LogP contribution is 2.36. The van der Waals surface area contributed by atoms with Gasteiger partial charge in [0.1, 0.15) is 10.4 Å². The third-order valence-electron chi connectivity index (χ3n) is 5.00. The number of hydrogen-bond acceptors (Lipinski definition) is 4. The van der Waals surface area contributed by atoms with E-state index in [0.717, 1.165) is 21.2 Å². The quantitative estimate of drug-likeness (QED) is 0.327. The number of halogens is 1. The predicted molar refractivity (Wildman–Crippen MR) is 124 cm³/mol. The van der Waals surface area contributed by atoms with Crippen molar-refractivity contribution in [2.75, 3.05) is 5.32 Å². The van der Waals surface area contributed by atoms with E-state index in [9.17, 15) is 4.79 Å². The van der Waals surface area contributed by atoms with Crippen molar-refractivity contribution >= 4 is 55.7 Å². The summed E-state index contributed by atoms with van der Waals surface area (Å²) in [5.41, 5.74) is 5.25. The molecule has 0 fully saturated rings. The number of amides is 1. The van der Waals surface area contributed by atoms with E-state index in [2.05, 4.69) is 23.3 Å². The van der Waals surface area contributed by atoms with Gasteiger partial charge in [-0.05, 0) is 49.7 Å². The minimum absolute atomic E-state index is 0.237. The summed E-state index contributed by atoms with van der Waals surface area (Å²) in [5.74, 6) is 0.331. The van der Waals surface area contributed by atoms with Gasteiger partial charge in [-0.2, -0.15) is 0 Å². The van der Waals surface area contributed by atoms with Gasteiger partial charge < -0.3 is 9.73 Å². The number of nitrogens with one attached hydrogen (secondary N) is 1. The Hall–Kier alpha value is -3.15. The van der Waals surface area contributed by atoms with Gasteiger partial charge in [0.25, 0.3) is 5.91 Å². The number of rotatable bonds is 3. The van der Waals surface area contributed by atoms with Crippen molar-refractivity contribution in [2.24, 2.45) is 0 Å². The lowest BCUT2D eigenvalue weighted by Gasteiger charge is -2.03. The molecule has 0 bridgehead atoms. The Morgan fingerprint density at radius 1 is 1.07 bits per heavy atom. The van der Waals surface area contributed by atoms with Crippen LogP contribution < -0.4 is 5.32 Å². The van der Waals surface area contributed by atoms with Crippen LogP contribution in [0.2, 0.25) is 5.02 Å². The van der Waals surface area contributed by atoms with E-state index in [1.807, 2.05) is 55.5 Å². The summed E-state index contributed by atoms with van der Waals surface area (Å²) in [4.78, 5) is 17.9. The van der Waals surface area contributed by atoms with Gasteiger partial charge in [0.05, 0.1) is 5.02 Å². The number of fused-ring (bicyclic) bond motifs is 2. The summed E-state index contributed by atoms with van der Waals surface area (Å²) in [6.45, 7) is 4.10. The maximum atomic E-state index is 12.8. The molecule has 0 aliphatic heterocycles. The first-order valence-electron chi connectivity index (χ1n) is 9.46. The second kappa shape index (κ2) is 7.27. The van der Waals surface area contributed by atoms with Crippen LogP contribution in [-0.4, -0.2) is 10.9 Å². The Kier molecular flexibility index (Phi) is 4.57. The molecular formula is C24H17ClN2O2S. The number of carbonyl (C=O) groups is 1. The Morgan fingerprint density at radius 2 is 1.90 bits per heavy atom. The average molecular weight is 433 g/mol. The van der Waals surface area contributed by atoms with Crippen molar-refractivity contribution in [3.8, 4) is 11.5 Å². The van der Waals surface area contributed by atoms with Gasteiger partial charge >= 0.3 is 0 Å². The number of aromatic nitrogens is 1. The molecule has 148 valence electrons. The largest absolute Gasteiger partial charge is 0.436 e. The van der Waals surface area contributed by atoms with Crippen LogP contribution in [-0.2, 0) is 0 Å². The molecule has 1 amide bonds. The Bertz CT molecular complexity index is 1430. The second-order valence-electron chi connectivity index (χ2n) is 7.22. The molecular weight excluding hydrogens is 416 g/mol. The van der Waals surface area contributed by atoms with Crippen LogP contribution in [0.15, 0.2) is 65.1 Å². The molecule has 30 heavy (non-hydrogen) atoms. The zero-order valence-electron chi connectivity index (χ0n) is 16.3. The van der Waals surface area contributed by atoms with E-state index in [-0.39, 0.29) is 5.91 Å². The molecule has 0 aliphatic rings. The lowest BCUT2D eigenvalue weighted by molar-refractivity contribution is 0.103. The van der Waals surface area contributed by atoms with Crippen molar-refractivity contribution in [3.05, 3.63) is 81.7 Å². The van der Waals surface area contributed by atoms with E-state index in [1.54, 1.807) is 6.07 Å². The molecule has 0 saturated heterocycles. The normalized spacial score (nSPS) is 11.3. The van der Waals surface area contributed by atoms with Crippen molar-refractivity contribution in [2.45, 2.75) is 13.8 Å². The molecule has 2 heterocycles. The summed E-state index contributed by atoms with van der Waals surface area (Å²) in [7, 11) is 0. The molecule has 2 aromatic heterocycles. The highest BCUT2D eigenvalue weighted by atomic mass is 35.5. The fourth-order valence-corrected chi connectivity index (χ4v) is 4.93. The average Bonchev–Trinajstić information content (AvgIpc) is 3.29. The molecule has 0 atom stereocenters. The predicted octanol–water partition coefficient (Wildman–Crippen LogP) is 7.23. The fraction of sp³-hybridized carbons (Fsp3) is 0.0833. The third-order valence-corrected chi connectivity index (χ3v) is 6.67. The monoisotopic (exact) mass is 432 g/mol. The number of benzene rings is 3. The van der Waals surface area contributed by atoms with E-state index in [1.165, 1.54) is 16.9 Å². The topological polar surface area (TPSA) is 55.1 Å². The van der Waals surface area contributed by atoms with Crippen molar-refractivity contribution in [3.63, 3.8) is 0 Å². The minimum Gasteiger partial charge on any atom is -0.436 e. The summed E-state index contributed by atoms with van der Waals surface area (Å²) < 4.78 is 6.92. The first-order chi connectivity index (χ1) is 14.5. The zero-order chi connectivity index (χ0) is 20.8. The van der Waals surface area contributed by atoms with E-state index in [4.69, 9.17) is 16.0 Å². The first-order valence-corrected chi connectivity index (χ1v) is 10.7. The third kappa shape index (κ3) is 3.26. The van der Waals surface area contributed by atoms with Gasteiger partial charge in [0.2, 0.25) is 5.89 Å². The highest BCUT2D eigenvalue weighted by Gasteiger charge is 2.18. The number of hydrogen-bond donors (Lipinski definition) is 1. The number of carbonyl (C=O) groups excluding carboxylic acids is 1. The highest BCUT2D eigenvalue weighted by molar-refractivity contribution is 7.21. The molecule has 3 aromatic carbocycles. The van der Waals surface area contributed by atoms with Gasteiger partial charge in [-0.25, -0.2) is 4.98 Å². The summed E-state index contributed by atoms with van der Waals surface area (Å²) in [6.07, 6.45) is 0. The standard InChI is InChI=1S/C24H17ClN2O2S/c1-13-7-9-16(14(2)11-13)24-27-18-12-15(8-10-19(18)29-24)26-23(28)22-21(25)17-5-3-4-6-20(17)30-22/h3-12H,1-2H3,(H,26,28). The van der Waals surface area contributed by atoms with Crippen LogP contribution in [0.25, 0.3) is 32.6 Å². The minimum atomic E-state index is -0.237. The van der Waals surface area contributed by atoms with E-state index < -0.39 is 0 Å². The van der Waals surface area contributed by atoms with Crippen LogP contribution >= 0.6 is 22.9 Å². The Balaban J connectivity index is 1.46. The summed E-state index contributed by atoms with van der Waals surface area (Å²) >= 11 is 7.81. The van der Waals surface area contributed by atoms with Gasteiger partial charge in [0, 0.05) is 21.3 Å². The number of oxazole rings is 1. The lowest BCUT2D eigenvalue weighted by Crippen LogP contribution is -2.10. The van der Waals surface area contributed by atoms with Gasteiger partial charge in [0.15, 0.2) is 5.58 Å². The molecule has 5 aromatic rings. The van der Waals surface area contributed by atoms with E-state index in [0.29, 0.717) is 32.6 Å².